The summed E-state index contributed by atoms with van der Waals surface area (Å²) in [5.41, 5.74) is 0.698. The molecule has 0 amide bonds. The number of nitrogens with zero attached hydrogens (tertiary/aromatic N) is 2. The molecule has 0 radical (unpaired) electrons. The van der Waals surface area contributed by atoms with Crippen molar-refractivity contribution in [1.29, 1.82) is 0 Å². The van der Waals surface area contributed by atoms with Crippen LogP contribution in [0.4, 0.5) is 0 Å². The van der Waals surface area contributed by atoms with Crippen LogP contribution in [0.1, 0.15) is 41.5 Å². The van der Waals surface area contributed by atoms with E-state index in [0.29, 0.717) is 17.0 Å². The van der Waals surface area contributed by atoms with Gasteiger partial charge in [0.2, 0.25) is 0 Å². The van der Waals surface area contributed by atoms with E-state index >= 15 is 0 Å². The molecule has 1 aliphatic heterocycles. The average Bonchev–Trinajstić information content (AvgIpc) is 2.44. The van der Waals surface area contributed by atoms with Crippen LogP contribution in [0.5, 0.6) is 0 Å². The predicted molar refractivity (Wildman–Crippen MR) is 71.7 cm³/mol. The van der Waals surface area contributed by atoms with Crippen molar-refractivity contribution < 1.29 is 0 Å². The molecular weight excluding hydrogens is 196 g/mol. The van der Waals surface area contributed by atoms with Crippen LogP contribution in [0.25, 0.3) is 0 Å². The molecule has 2 nitrogen and oxygen atoms in total. The molecule has 96 valence electrons. The van der Waals surface area contributed by atoms with Gasteiger partial charge in [-0.1, -0.05) is 20.8 Å². The Labute approximate surface area is 102 Å². The van der Waals surface area contributed by atoms with E-state index in [1.807, 2.05) is 0 Å². The Morgan fingerprint density at radius 1 is 0.938 bits per heavy atom. The molecule has 1 heterocycles. The zero-order valence-corrected chi connectivity index (χ0v) is 12.5. The second-order valence-corrected chi connectivity index (χ2v) is 7.58. The quantitative estimate of drug-likeness (QED) is 0.678. The van der Waals surface area contributed by atoms with E-state index in [1.54, 1.807) is 0 Å². The van der Waals surface area contributed by atoms with Gasteiger partial charge in [0.05, 0.1) is 0 Å². The minimum atomic E-state index is 0.300. The molecule has 0 aliphatic carbocycles. The molecule has 2 unspecified atom stereocenters. The summed E-state index contributed by atoms with van der Waals surface area (Å²) in [5.74, 6) is 0.765. The van der Waals surface area contributed by atoms with Crippen LogP contribution in [0.2, 0.25) is 0 Å². The predicted octanol–water partition coefficient (Wildman–Crippen LogP) is 2.69. The highest BCUT2D eigenvalue weighted by Gasteiger charge is 2.43. The standard InChI is InChI=1S/C14H30N2/c1-13(2,3)11-9-16(14(4,5)6)10-12(11)15(7)8/h11-12H,9-10H2,1-8H3. The Morgan fingerprint density at radius 3 is 1.69 bits per heavy atom. The van der Waals surface area contributed by atoms with Crippen molar-refractivity contribution in [2.75, 3.05) is 27.2 Å². The molecule has 0 saturated carbocycles. The lowest BCUT2D eigenvalue weighted by atomic mass is 9.77. The first-order chi connectivity index (χ1) is 7.03. The van der Waals surface area contributed by atoms with Gasteiger partial charge < -0.3 is 4.90 Å². The smallest absolute Gasteiger partial charge is 0.0262 e. The molecule has 0 spiro atoms. The summed E-state index contributed by atoms with van der Waals surface area (Å²) in [6.45, 7) is 16.5. The Hall–Kier alpha value is -0.0800. The zero-order chi connectivity index (χ0) is 12.7. The maximum atomic E-state index is 2.63. The Morgan fingerprint density at radius 2 is 1.44 bits per heavy atom. The molecule has 1 fully saturated rings. The van der Waals surface area contributed by atoms with Crippen LogP contribution < -0.4 is 0 Å². The highest BCUT2D eigenvalue weighted by atomic mass is 15.3. The summed E-state index contributed by atoms with van der Waals surface area (Å²) in [6.07, 6.45) is 0. The molecule has 0 bridgehead atoms. The summed E-state index contributed by atoms with van der Waals surface area (Å²) in [6, 6.07) is 0.694. The number of hydrogen-bond donors (Lipinski definition) is 0. The first kappa shape index (κ1) is 14.0. The first-order valence-corrected chi connectivity index (χ1v) is 6.45. The highest BCUT2D eigenvalue weighted by molar-refractivity contribution is 4.98. The molecule has 16 heavy (non-hydrogen) atoms. The van der Waals surface area contributed by atoms with E-state index in [9.17, 15) is 0 Å². The van der Waals surface area contributed by atoms with Crippen LogP contribution in [0, 0.1) is 11.3 Å². The summed E-state index contributed by atoms with van der Waals surface area (Å²) in [5, 5.41) is 0. The van der Waals surface area contributed by atoms with Gasteiger partial charge in [-0.05, 0) is 46.2 Å². The fourth-order valence-electron chi connectivity index (χ4n) is 2.71. The van der Waals surface area contributed by atoms with Crippen LogP contribution in [0.3, 0.4) is 0 Å². The molecular formula is C14H30N2. The van der Waals surface area contributed by atoms with E-state index in [4.69, 9.17) is 0 Å². The minimum Gasteiger partial charge on any atom is -0.305 e. The van der Waals surface area contributed by atoms with Crippen molar-refractivity contribution in [2.24, 2.45) is 11.3 Å². The molecule has 1 rings (SSSR count). The van der Waals surface area contributed by atoms with E-state index in [-0.39, 0.29) is 0 Å². The van der Waals surface area contributed by atoms with Gasteiger partial charge in [-0.3, -0.25) is 4.90 Å². The van der Waals surface area contributed by atoms with Crippen molar-refractivity contribution in [1.82, 2.24) is 9.80 Å². The van der Waals surface area contributed by atoms with Crippen molar-refractivity contribution in [3.8, 4) is 0 Å². The first-order valence-electron chi connectivity index (χ1n) is 6.45. The normalized spacial score (nSPS) is 29.1. The number of likely N-dealkylation sites (tertiary alicyclic amines) is 1. The number of likely N-dealkylation sites (N-methyl/N-ethyl adjacent to an activating group) is 1. The number of hydrogen-bond acceptors (Lipinski definition) is 2. The Bertz CT molecular complexity index is 232. The van der Waals surface area contributed by atoms with E-state index < -0.39 is 0 Å². The Balaban J connectivity index is 2.85. The number of rotatable bonds is 1. The molecule has 0 aromatic rings. The van der Waals surface area contributed by atoms with Crippen LogP contribution in [-0.4, -0.2) is 48.6 Å². The maximum Gasteiger partial charge on any atom is 0.0262 e. The van der Waals surface area contributed by atoms with Crippen molar-refractivity contribution in [2.45, 2.75) is 53.1 Å². The lowest BCUT2D eigenvalue weighted by molar-refractivity contribution is 0.143. The summed E-state index contributed by atoms with van der Waals surface area (Å²) >= 11 is 0. The SMILES string of the molecule is CN(C)C1CN(C(C)(C)C)CC1C(C)(C)C. The molecule has 0 aromatic carbocycles. The maximum absolute atomic E-state index is 2.63. The third-order valence-corrected chi connectivity index (χ3v) is 4.01. The van der Waals surface area contributed by atoms with Crippen LogP contribution in [0.15, 0.2) is 0 Å². The second-order valence-electron chi connectivity index (χ2n) is 7.58. The largest absolute Gasteiger partial charge is 0.305 e. The fourth-order valence-corrected chi connectivity index (χ4v) is 2.71. The summed E-state index contributed by atoms with van der Waals surface area (Å²) < 4.78 is 0. The molecule has 0 N–H and O–H groups in total. The monoisotopic (exact) mass is 226 g/mol. The van der Waals surface area contributed by atoms with Gasteiger partial charge in [-0.2, -0.15) is 0 Å². The molecule has 1 saturated heterocycles. The van der Waals surface area contributed by atoms with E-state index in [1.165, 1.54) is 13.1 Å². The van der Waals surface area contributed by atoms with Crippen molar-refractivity contribution in [3.63, 3.8) is 0 Å². The van der Waals surface area contributed by atoms with Gasteiger partial charge in [-0.25, -0.2) is 0 Å². The van der Waals surface area contributed by atoms with Crippen LogP contribution >= 0.6 is 0 Å². The average molecular weight is 226 g/mol. The van der Waals surface area contributed by atoms with Gasteiger partial charge in [0.25, 0.3) is 0 Å². The molecule has 2 heteroatoms. The molecule has 0 aromatic heterocycles. The third kappa shape index (κ3) is 2.98. The minimum absolute atomic E-state index is 0.300. The van der Waals surface area contributed by atoms with Crippen molar-refractivity contribution in [3.05, 3.63) is 0 Å². The topological polar surface area (TPSA) is 6.48 Å². The second kappa shape index (κ2) is 4.30. The van der Waals surface area contributed by atoms with E-state index in [0.717, 1.165) is 5.92 Å². The van der Waals surface area contributed by atoms with Gasteiger partial charge in [0, 0.05) is 24.7 Å². The lowest BCUT2D eigenvalue weighted by Gasteiger charge is -2.35. The van der Waals surface area contributed by atoms with Gasteiger partial charge in [0.15, 0.2) is 0 Å². The zero-order valence-electron chi connectivity index (χ0n) is 12.5. The van der Waals surface area contributed by atoms with Gasteiger partial charge in [-0.15, -0.1) is 0 Å². The summed E-state index contributed by atoms with van der Waals surface area (Å²) in [7, 11) is 4.44. The lowest BCUT2D eigenvalue weighted by Crippen LogP contribution is -2.42. The fraction of sp³-hybridized carbons (Fsp3) is 1.00. The highest BCUT2D eigenvalue weighted by Crippen LogP contribution is 2.38. The Kier molecular flexibility index (Phi) is 3.76. The van der Waals surface area contributed by atoms with Crippen molar-refractivity contribution >= 4 is 0 Å². The van der Waals surface area contributed by atoms with Gasteiger partial charge >= 0.3 is 0 Å². The molecule has 1 aliphatic rings. The molecule has 2 atom stereocenters. The third-order valence-electron chi connectivity index (χ3n) is 4.01. The van der Waals surface area contributed by atoms with Crippen LogP contribution in [-0.2, 0) is 0 Å². The summed E-state index contributed by atoms with van der Waals surface area (Å²) in [4.78, 5) is 5.04. The van der Waals surface area contributed by atoms with E-state index in [2.05, 4.69) is 65.4 Å². The van der Waals surface area contributed by atoms with Gasteiger partial charge in [0.1, 0.15) is 0 Å².